The minimum absolute atomic E-state index is 0.296. The molecule has 0 aliphatic carbocycles. The molecule has 0 saturated carbocycles. The highest BCUT2D eigenvalue weighted by atomic mass is 32.2. The highest BCUT2D eigenvalue weighted by molar-refractivity contribution is 7.89. The maximum absolute atomic E-state index is 12.2. The quantitative estimate of drug-likeness (QED) is 0.800. The van der Waals surface area contributed by atoms with Gasteiger partial charge in [0.05, 0.1) is 5.25 Å². The Morgan fingerprint density at radius 3 is 1.81 bits per heavy atom. The Labute approximate surface area is 130 Å². The fourth-order valence-electron chi connectivity index (χ4n) is 3.71. The average Bonchev–Trinajstić information content (AvgIpc) is 2.47. The van der Waals surface area contributed by atoms with Crippen LogP contribution in [0, 0.1) is 11.8 Å². The molecule has 0 atom stereocenters. The Morgan fingerprint density at radius 1 is 0.857 bits per heavy atom. The van der Waals surface area contributed by atoms with Crippen molar-refractivity contribution in [2.75, 3.05) is 26.2 Å². The minimum Gasteiger partial charge on any atom is -0.300 e. The molecule has 5 heteroatoms. The lowest BCUT2D eigenvalue weighted by molar-refractivity contribution is 0.0854. The summed E-state index contributed by atoms with van der Waals surface area (Å²) in [5, 5.41) is -0.296. The first kappa shape index (κ1) is 17.2. The second-order valence-corrected chi connectivity index (χ2v) is 9.83. The molecule has 2 aliphatic rings. The van der Waals surface area contributed by atoms with E-state index in [-0.39, 0.29) is 5.25 Å². The number of sulfonamides is 1. The first-order chi connectivity index (χ1) is 9.82. The van der Waals surface area contributed by atoms with E-state index in [9.17, 15) is 8.42 Å². The predicted octanol–water partition coefficient (Wildman–Crippen LogP) is 2.56. The Balaban J connectivity index is 1.83. The van der Waals surface area contributed by atoms with Gasteiger partial charge in [-0.3, -0.25) is 0 Å². The number of piperidine rings is 2. The van der Waals surface area contributed by atoms with Crippen molar-refractivity contribution in [3.8, 4) is 0 Å². The smallest absolute Gasteiger partial charge is 0.216 e. The van der Waals surface area contributed by atoms with Crippen LogP contribution in [-0.2, 0) is 10.0 Å². The molecule has 0 radical (unpaired) electrons. The normalized spacial score (nSPS) is 25.0. The van der Waals surface area contributed by atoms with Crippen molar-refractivity contribution in [2.45, 2.75) is 64.7 Å². The van der Waals surface area contributed by atoms with Crippen LogP contribution < -0.4 is 0 Å². The number of hydrogen-bond donors (Lipinski definition) is 0. The van der Waals surface area contributed by atoms with Gasteiger partial charge in [-0.2, -0.15) is 0 Å². The van der Waals surface area contributed by atoms with Gasteiger partial charge in [0.25, 0.3) is 0 Å². The van der Waals surface area contributed by atoms with Crippen molar-refractivity contribution < 1.29 is 8.42 Å². The number of hydrogen-bond acceptors (Lipinski definition) is 3. The van der Waals surface area contributed by atoms with Crippen LogP contribution in [0.25, 0.3) is 0 Å². The van der Waals surface area contributed by atoms with Gasteiger partial charge in [-0.15, -0.1) is 0 Å². The molecule has 21 heavy (non-hydrogen) atoms. The van der Waals surface area contributed by atoms with Crippen LogP contribution in [0.15, 0.2) is 0 Å². The topological polar surface area (TPSA) is 40.6 Å². The SMILES string of the molecule is CC(C)C1CCN(C2CCN(S(=O)(=O)C(C)C)CC2)CC1. The molecule has 124 valence electrons. The fourth-order valence-corrected chi connectivity index (χ4v) is 5.03. The first-order valence-electron chi connectivity index (χ1n) is 8.55. The molecule has 2 saturated heterocycles. The van der Waals surface area contributed by atoms with Crippen LogP contribution in [0.1, 0.15) is 53.4 Å². The Kier molecular flexibility index (Phi) is 5.71. The summed E-state index contributed by atoms with van der Waals surface area (Å²) in [6.07, 6.45) is 4.61. The van der Waals surface area contributed by atoms with Crippen LogP contribution >= 0.6 is 0 Å². The third-order valence-electron chi connectivity index (χ3n) is 5.41. The van der Waals surface area contributed by atoms with Crippen molar-refractivity contribution in [3.05, 3.63) is 0 Å². The first-order valence-corrected chi connectivity index (χ1v) is 10.1. The molecule has 2 rings (SSSR count). The van der Waals surface area contributed by atoms with Gasteiger partial charge in [0, 0.05) is 19.1 Å². The minimum atomic E-state index is -3.06. The van der Waals surface area contributed by atoms with E-state index in [4.69, 9.17) is 0 Å². The molecule has 2 fully saturated rings. The van der Waals surface area contributed by atoms with Crippen LogP contribution in [0.3, 0.4) is 0 Å². The van der Waals surface area contributed by atoms with Crippen LogP contribution in [-0.4, -0.2) is 55.1 Å². The molecule has 2 heterocycles. The van der Waals surface area contributed by atoms with Crippen molar-refractivity contribution in [3.63, 3.8) is 0 Å². The summed E-state index contributed by atoms with van der Waals surface area (Å²) in [4.78, 5) is 2.61. The highest BCUT2D eigenvalue weighted by Crippen LogP contribution is 2.28. The largest absolute Gasteiger partial charge is 0.300 e. The second-order valence-electron chi connectivity index (χ2n) is 7.34. The summed E-state index contributed by atoms with van der Waals surface area (Å²) in [6, 6.07) is 0.594. The Morgan fingerprint density at radius 2 is 1.38 bits per heavy atom. The molecule has 0 aromatic heterocycles. The molecule has 0 bridgehead atoms. The van der Waals surface area contributed by atoms with Crippen molar-refractivity contribution in [1.82, 2.24) is 9.21 Å². The zero-order valence-corrected chi connectivity index (χ0v) is 14.9. The zero-order chi connectivity index (χ0) is 15.6. The lowest BCUT2D eigenvalue weighted by Gasteiger charge is -2.42. The molecule has 0 N–H and O–H groups in total. The maximum atomic E-state index is 12.2. The maximum Gasteiger partial charge on any atom is 0.216 e. The summed E-state index contributed by atoms with van der Waals surface area (Å²) in [5.41, 5.74) is 0. The summed E-state index contributed by atoms with van der Waals surface area (Å²) >= 11 is 0. The van der Waals surface area contributed by atoms with Gasteiger partial charge >= 0.3 is 0 Å². The Hall–Kier alpha value is -0.130. The molecule has 0 amide bonds. The van der Waals surface area contributed by atoms with Crippen molar-refractivity contribution in [1.29, 1.82) is 0 Å². The summed E-state index contributed by atoms with van der Waals surface area (Å²) < 4.78 is 26.1. The van der Waals surface area contributed by atoms with Gasteiger partial charge in [0.2, 0.25) is 10.0 Å². The van der Waals surface area contributed by atoms with E-state index < -0.39 is 10.0 Å². The van der Waals surface area contributed by atoms with Crippen molar-refractivity contribution >= 4 is 10.0 Å². The number of nitrogens with zero attached hydrogens (tertiary/aromatic N) is 2. The molecule has 0 unspecified atom stereocenters. The Bertz CT molecular complexity index is 418. The van der Waals surface area contributed by atoms with E-state index >= 15 is 0 Å². The van der Waals surface area contributed by atoms with Gasteiger partial charge < -0.3 is 4.90 Å². The average molecular weight is 317 g/mol. The van der Waals surface area contributed by atoms with Gasteiger partial charge in [0.1, 0.15) is 0 Å². The number of likely N-dealkylation sites (tertiary alicyclic amines) is 1. The van der Waals surface area contributed by atoms with E-state index in [1.54, 1.807) is 18.2 Å². The highest BCUT2D eigenvalue weighted by Gasteiger charge is 2.33. The molecule has 4 nitrogen and oxygen atoms in total. The molecule has 2 aliphatic heterocycles. The van der Waals surface area contributed by atoms with E-state index in [1.165, 1.54) is 25.9 Å². The lowest BCUT2D eigenvalue weighted by Crippen LogP contribution is -2.50. The van der Waals surface area contributed by atoms with Crippen LogP contribution in [0.4, 0.5) is 0 Å². The fraction of sp³-hybridized carbons (Fsp3) is 1.00. The zero-order valence-electron chi connectivity index (χ0n) is 14.1. The standard InChI is InChI=1S/C16H32N2O2S/c1-13(2)15-5-9-17(10-6-15)16-7-11-18(12-8-16)21(19,20)14(3)4/h13-16H,5-12H2,1-4H3. The van der Waals surface area contributed by atoms with Crippen molar-refractivity contribution in [2.24, 2.45) is 11.8 Å². The van der Waals surface area contributed by atoms with Crippen LogP contribution in [0.2, 0.25) is 0 Å². The predicted molar refractivity (Wildman–Crippen MR) is 87.8 cm³/mol. The summed E-state index contributed by atoms with van der Waals surface area (Å²) in [6.45, 7) is 12.0. The molecule has 0 aromatic rings. The molecular formula is C16H32N2O2S. The van der Waals surface area contributed by atoms with Gasteiger partial charge in [-0.1, -0.05) is 13.8 Å². The van der Waals surface area contributed by atoms with Gasteiger partial charge in [-0.05, 0) is 64.5 Å². The molecular weight excluding hydrogens is 284 g/mol. The number of rotatable bonds is 4. The van der Waals surface area contributed by atoms with Gasteiger partial charge in [0.15, 0.2) is 0 Å². The summed E-state index contributed by atoms with van der Waals surface area (Å²) in [7, 11) is -3.06. The third-order valence-corrected chi connectivity index (χ3v) is 7.69. The molecule has 0 aromatic carbocycles. The van der Waals surface area contributed by atoms with E-state index in [2.05, 4.69) is 18.7 Å². The molecule has 0 spiro atoms. The second kappa shape index (κ2) is 6.97. The van der Waals surface area contributed by atoms with E-state index in [1.807, 2.05) is 0 Å². The van der Waals surface area contributed by atoms with Gasteiger partial charge in [-0.25, -0.2) is 12.7 Å². The summed E-state index contributed by atoms with van der Waals surface area (Å²) in [5.74, 6) is 1.67. The third kappa shape index (κ3) is 3.99. The monoisotopic (exact) mass is 316 g/mol. The van der Waals surface area contributed by atoms with E-state index in [0.29, 0.717) is 19.1 Å². The van der Waals surface area contributed by atoms with E-state index in [0.717, 1.165) is 24.7 Å². The lowest BCUT2D eigenvalue weighted by atomic mass is 9.85. The van der Waals surface area contributed by atoms with Crippen LogP contribution in [0.5, 0.6) is 0 Å².